The lowest BCUT2D eigenvalue weighted by molar-refractivity contribution is -0.0855. The molecule has 21 heavy (non-hydrogen) atoms. The summed E-state index contributed by atoms with van der Waals surface area (Å²) >= 11 is 0. The van der Waals surface area contributed by atoms with Gasteiger partial charge in [-0.1, -0.05) is 11.8 Å². The summed E-state index contributed by atoms with van der Waals surface area (Å²) in [6.07, 6.45) is -0.185. The van der Waals surface area contributed by atoms with E-state index in [2.05, 4.69) is 17.2 Å². The van der Waals surface area contributed by atoms with E-state index < -0.39 is 5.82 Å². The van der Waals surface area contributed by atoms with Crippen LogP contribution >= 0.6 is 0 Å². The first-order valence-electron chi connectivity index (χ1n) is 6.57. The number of aliphatic hydroxyl groups excluding tert-OH is 1. The molecule has 0 aromatic heterocycles. The van der Waals surface area contributed by atoms with Crippen LogP contribution in [-0.4, -0.2) is 50.1 Å². The van der Waals surface area contributed by atoms with Gasteiger partial charge in [-0.15, -0.1) is 0 Å². The lowest BCUT2D eigenvalue weighted by atomic mass is 10.1. The number of hydrogen-bond acceptors (Lipinski definition) is 4. The minimum atomic E-state index is -0.488. The van der Waals surface area contributed by atoms with Crippen LogP contribution in [0.3, 0.4) is 0 Å². The molecule has 1 saturated heterocycles. The Bertz CT molecular complexity index is 559. The zero-order valence-electron chi connectivity index (χ0n) is 11.4. The zero-order valence-corrected chi connectivity index (χ0v) is 11.4. The van der Waals surface area contributed by atoms with Gasteiger partial charge in [0.1, 0.15) is 12.4 Å². The second-order valence-electron chi connectivity index (χ2n) is 4.43. The number of carbonyl (C=O) groups is 1. The van der Waals surface area contributed by atoms with E-state index in [4.69, 9.17) is 14.6 Å². The van der Waals surface area contributed by atoms with Crippen molar-refractivity contribution in [1.82, 2.24) is 5.32 Å². The van der Waals surface area contributed by atoms with Gasteiger partial charge in [-0.05, 0) is 18.2 Å². The Hall–Kier alpha value is -1.94. The Morgan fingerprint density at radius 2 is 2.33 bits per heavy atom. The average molecular weight is 293 g/mol. The third-order valence-electron chi connectivity index (χ3n) is 2.90. The summed E-state index contributed by atoms with van der Waals surface area (Å²) in [6, 6.07) is 3.72. The van der Waals surface area contributed by atoms with E-state index in [-0.39, 0.29) is 29.7 Å². The minimum Gasteiger partial charge on any atom is -0.384 e. The van der Waals surface area contributed by atoms with Crippen LogP contribution < -0.4 is 5.32 Å². The number of hydrogen-bond donors (Lipinski definition) is 2. The molecule has 112 valence electrons. The highest BCUT2D eigenvalue weighted by Crippen LogP contribution is 2.10. The summed E-state index contributed by atoms with van der Waals surface area (Å²) in [4.78, 5) is 12.1. The molecule has 5 nitrogen and oxygen atoms in total. The first kappa shape index (κ1) is 15.4. The number of amides is 1. The first-order valence-corrected chi connectivity index (χ1v) is 6.57. The molecule has 0 saturated carbocycles. The van der Waals surface area contributed by atoms with Crippen LogP contribution in [0, 0.1) is 17.7 Å². The van der Waals surface area contributed by atoms with Gasteiger partial charge in [0.2, 0.25) is 0 Å². The van der Waals surface area contributed by atoms with Crippen LogP contribution in [0.2, 0.25) is 0 Å². The van der Waals surface area contributed by atoms with Crippen molar-refractivity contribution < 1.29 is 23.8 Å². The van der Waals surface area contributed by atoms with Gasteiger partial charge < -0.3 is 19.9 Å². The largest absolute Gasteiger partial charge is 0.384 e. The topological polar surface area (TPSA) is 67.8 Å². The third kappa shape index (κ3) is 4.53. The van der Waals surface area contributed by atoms with Gasteiger partial charge in [-0.25, -0.2) is 4.39 Å². The quantitative estimate of drug-likeness (QED) is 0.787. The van der Waals surface area contributed by atoms with Gasteiger partial charge in [0.25, 0.3) is 5.91 Å². The van der Waals surface area contributed by atoms with Crippen LogP contribution in [0.5, 0.6) is 0 Å². The lowest BCUT2D eigenvalue weighted by Crippen LogP contribution is -2.39. The average Bonchev–Trinajstić information content (AvgIpc) is 2.51. The first-order chi connectivity index (χ1) is 10.2. The zero-order chi connectivity index (χ0) is 15.1. The molecular weight excluding hydrogens is 277 g/mol. The molecule has 1 aromatic carbocycles. The fourth-order valence-electron chi connectivity index (χ4n) is 1.91. The van der Waals surface area contributed by atoms with E-state index >= 15 is 0 Å². The number of ether oxygens (including phenoxy) is 2. The summed E-state index contributed by atoms with van der Waals surface area (Å²) in [7, 11) is 0. The molecule has 1 aliphatic heterocycles. The highest BCUT2D eigenvalue weighted by Gasteiger charge is 2.17. The van der Waals surface area contributed by atoms with Crippen molar-refractivity contribution in [2.24, 2.45) is 0 Å². The number of aliphatic hydroxyl groups is 1. The number of rotatable bonds is 3. The van der Waals surface area contributed by atoms with Crippen molar-refractivity contribution >= 4 is 5.91 Å². The Morgan fingerprint density at radius 3 is 3.05 bits per heavy atom. The van der Waals surface area contributed by atoms with Crippen LogP contribution in [0.1, 0.15) is 15.9 Å². The Morgan fingerprint density at radius 1 is 1.48 bits per heavy atom. The predicted octanol–water partition coefficient (Wildman–Crippen LogP) is 0.315. The molecule has 0 bridgehead atoms. The van der Waals surface area contributed by atoms with Crippen molar-refractivity contribution in [3.8, 4) is 11.8 Å². The number of carbonyl (C=O) groups excluding carboxylic acids is 1. The van der Waals surface area contributed by atoms with Crippen LogP contribution in [0.25, 0.3) is 0 Å². The number of benzene rings is 1. The summed E-state index contributed by atoms with van der Waals surface area (Å²) in [5.41, 5.74) is 0.497. The molecule has 0 radical (unpaired) electrons. The lowest BCUT2D eigenvalue weighted by Gasteiger charge is -2.23. The van der Waals surface area contributed by atoms with Crippen molar-refractivity contribution in [3.63, 3.8) is 0 Å². The maximum absolute atomic E-state index is 13.2. The number of halogens is 1. The van der Waals surface area contributed by atoms with E-state index in [1.165, 1.54) is 12.1 Å². The second kappa shape index (κ2) is 7.74. The summed E-state index contributed by atoms with van der Waals surface area (Å²) < 4.78 is 23.9. The van der Waals surface area contributed by atoms with Gasteiger partial charge in [0.05, 0.1) is 31.5 Å². The van der Waals surface area contributed by atoms with Gasteiger partial charge in [0.15, 0.2) is 0 Å². The molecule has 1 fully saturated rings. The van der Waals surface area contributed by atoms with Gasteiger partial charge >= 0.3 is 0 Å². The number of nitrogens with one attached hydrogen (secondary N) is 1. The fraction of sp³-hybridized carbons (Fsp3) is 0.400. The fourth-order valence-corrected chi connectivity index (χ4v) is 1.91. The molecule has 6 heteroatoms. The molecule has 1 aromatic rings. The smallest absolute Gasteiger partial charge is 0.252 e. The van der Waals surface area contributed by atoms with Gasteiger partial charge in [-0.3, -0.25) is 4.79 Å². The molecule has 1 amide bonds. The maximum Gasteiger partial charge on any atom is 0.252 e. The van der Waals surface area contributed by atoms with Crippen molar-refractivity contribution in [3.05, 3.63) is 35.1 Å². The van der Waals surface area contributed by atoms with E-state index in [0.717, 1.165) is 6.07 Å². The highest BCUT2D eigenvalue weighted by molar-refractivity contribution is 5.96. The Balaban J connectivity index is 2.03. The Kier molecular flexibility index (Phi) is 5.69. The van der Waals surface area contributed by atoms with E-state index in [0.29, 0.717) is 26.4 Å². The van der Waals surface area contributed by atoms with E-state index in [1.807, 2.05) is 0 Å². The van der Waals surface area contributed by atoms with Crippen molar-refractivity contribution in [2.45, 2.75) is 6.10 Å². The molecule has 1 atom stereocenters. The summed E-state index contributed by atoms with van der Waals surface area (Å²) in [5.74, 6) is 4.12. The van der Waals surface area contributed by atoms with Crippen LogP contribution in [0.4, 0.5) is 4.39 Å². The van der Waals surface area contributed by atoms with Crippen LogP contribution in [-0.2, 0) is 9.47 Å². The van der Waals surface area contributed by atoms with Crippen LogP contribution in [0.15, 0.2) is 18.2 Å². The summed E-state index contributed by atoms with van der Waals surface area (Å²) in [5, 5.41) is 11.4. The Labute approximate surface area is 122 Å². The van der Waals surface area contributed by atoms with Gasteiger partial charge in [-0.2, -0.15) is 0 Å². The molecule has 0 aliphatic carbocycles. The minimum absolute atomic E-state index is 0.185. The molecule has 2 rings (SSSR count). The van der Waals surface area contributed by atoms with E-state index in [1.54, 1.807) is 0 Å². The highest BCUT2D eigenvalue weighted by atomic mass is 19.1. The molecule has 0 spiro atoms. The van der Waals surface area contributed by atoms with E-state index in [9.17, 15) is 9.18 Å². The molecule has 1 heterocycles. The monoisotopic (exact) mass is 293 g/mol. The van der Waals surface area contributed by atoms with Gasteiger partial charge in [0, 0.05) is 12.1 Å². The normalized spacial score (nSPS) is 17.7. The maximum atomic E-state index is 13.2. The summed E-state index contributed by atoms with van der Waals surface area (Å²) in [6.45, 7) is 1.45. The molecule has 1 aliphatic rings. The molecule has 1 unspecified atom stereocenters. The molecule has 2 N–H and O–H groups in total. The predicted molar refractivity (Wildman–Crippen MR) is 73.3 cm³/mol. The third-order valence-corrected chi connectivity index (χ3v) is 2.90. The van der Waals surface area contributed by atoms with Crippen molar-refractivity contribution in [1.29, 1.82) is 0 Å². The second-order valence-corrected chi connectivity index (χ2v) is 4.43. The SMILES string of the molecule is O=C(NCC1COCCO1)c1ccc(F)cc1C#CCO. The molecular formula is C15H16FNO4. The standard InChI is InChI=1S/C15H16FNO4/c16-12-3-4-14(11(8-12)2-1-5-18)15(19)17-9-13-10-20-6-7-21-13/h3-4,8,13,18H,5-7,9-10H2,(H,17,19). The van der Waals surface area contributed by atoms with Crippen molar-refractivity contribution in [2.75, 3.05) is 33.0 Å².